The van der Waals surface area contributed by atoms with Crippen molar-refractivity contribution < 1.29 is 0 Å². The lowest BCUT2D eigenvalue weighted by atomic mass is 10.0. The van der Waals surface area contributed by atoms with E-state index in [2.05, 4.69) is 38.1 Å². The molecule has 0 fully saturated rings. The highest BCUT2D eigenvalue weighted by molar-refractivity contribution is 5.75. The average Bonchev–Trinajstić information content (AvgIpc) is 2.43. The van der Waals surface area contributed by atoms with E-state index in [1.165, 1.54) is 76.2 Å². The Hall–Kier alpha value is -0.0138. The number of rotatable bonds is 11. The second-order valence-electron chi connectivity index (χ2n) is 5.75. The van der Waals surface area contributed by atoms with E-state index in [0.717, 1.165) is 5.56 Å². The molecule has 0 aliphatic rings. The summed E-state index contributed by atoms with van der Waals surface area (Å²) >= 11 is 0. The molecule has 0 N–H and O–H groups in total. The maximum atomic E-state index is 3.92. The van der Waals surface area contributed by atoms with Crippen molar-refractivity contribution in [1.29, 1.82) is 0 Å². The maximum absolute atomic E-state index is 3.92. The van der Waals surface area contributed by atoms with Gasteiger partial charge in [-0.05, 0) is 30.9 Å². The molecule has 0 aliphatic carbocycles. The van der Waals surface area contributed by atoms with Crippen molar-refractivity contribution in [3.63, 3.8) is 0 Å². The van der Waals surface area contributed by atoms with Crippen molar-refractivity contribution >= 4 is 23.1 Å². The molecule has 1 aromatic carbocycles. The van der Waals surface area contributed by atoms with Crippen LogP contribution in [0.4, 0.5) is 0 Å². The standard InChI is InChI=1S/C19H31.Mg.2H/c1-3-4-5-6-7-8-9-10-11-12-13-19-16-14-18(2)15-17-19;;;/h14-17H,2-13H2,1H3;;;. The van der Waals surface area contributed by atoms with Crippen LogP contribution in [0.2, 0.25) is 0 Å². The van der Waals surface area contributed by atoms with E-state index in [1.54, 1.807) is 0 Å². The highest BCUT2D eigenvalue weighted by atomic mass is 24.3. The van der Waals surface area contributed by atoms with Gasteiger partial charge in [0, 0.05) is 0 Å². The molecule has 0 amide bonds. The minimum Gasteiger partial charge on any atom is -0.0654 e. The summed E-state index contributed by atoms with van der Waals surface area (Å²) in [7, 11) is 0. The third-order valence-corrected chi connectivity index (χ3v) is 3.84. The highest BCUT2D eigenvalue weighted by Gasteiger charge is 1.95. The quantitative estimate of drug-likeness (QED) is 0.376. The molecule has 1 aromatic rings. The van der Waals surface area contributed by atoms with Gasteiger partial charge in [-0.2, -0.15) is 0 Å². The minimum atomic E-state index is 0. The van der Waals surface area contributed by atoms with Crippen LogP contribution in [-0.4, -0.2) is 23.1 Å². The van der Waals surface area contributed by atoms with E-state index in [1.807, 2.05) is 0 Å². The maximum Gasteiger partial charge on any atom is 0.316 e. The second kappa shape index (κ2) is 13.9. The third-order valence-electron chi connectivity index (χ3n) is 3.84. The molecule has 0 heterocycles. The molecule has 0 nitrogen and oxygen atoms in total. The van der Waals surface area contributed by atoms with Crippen LogP contribution in [0.1, 0.15) is 82.3 Å². The van der Waals surface area contributed by atoms with Crippen molar-refractivity contribution in [2.75, 3.05) is 0 Å². The minimum absolute atomic E-state index is 0. The Labute approximate surface area is 142 Å². The summed E-state index contributed by atoms with van der Waals surface area (Å²) < 4.78 is 0. The Kier molecular flexibility index (Phi) is 13.9. The van der Waals surface area contributed by atoms with Gasteiger partial charge in [-0.1, -0.05) is 89.0 Å². The van der Waals surface area contributed by atoms with Gasteiger partial charge in [-0.25, -0.2) is 0 Å². The van der Waals surface area contributed by atoms with Crippen molar-refractivity contribution in [2.24, 2.45) is 0 Å². The fraction of sp³-hybridized carbons (Fsp3) is 0.632. The largest absolute Gasteiger partial charge is 0.316 e. The number of hydrogen-bond acceptors (Lipinski definition) is 0. The lowest BCUT2D eigenvalue weighted by Crippen LogP contribution is -1.87. The molecule has 111 valence electrons. The zero-order valence-corrected chi connectivity index (χ0v) is 12.8. The van der Waals surface area contributed by atoms with Gasteiger partial charge in [0.15, 0.2) is 0 Å². The monoisotopic (exact) mass is 285 g/mol. The summed E-state index contributed by atoms with van der Waals surface area (Å²) in [4.78, 5) is 0. The molecular weight excluding hydrogens is 253 g/mol. The molecule has 0 saturated carbocycles. The van der Waals surface area contributed by atoms with Crippen molar-refractivity contribution in [1.82, 2.24) is 0 Å². The predicted molar refractivity (Wildman–Crippen MR) is 95.0 cm³/mol. The molecule has 0 aliphatic heterocycles. The average molecular weight is 286 g/mol. The fourth-order valence-corrected chi connectivity index (χ4v) is 2.52. The number of unbranched alkanes of at least 4 members (excludes halogenated alkanes) is 9. The fourth-order valence-electron chi connectivity index (χ4n) is 2.52. The summed E-state index contributed by atoms with van der Waals surface area (Å²) in [6.45, 7) is 6.20. The number of aryl methyl sites for hydroxylation is 1. The van der Waals surface area contributed by atoms with Crippen LogP contribution in [-0.2, 0) is 6.42 Å². The van der Waals surface area contributed by atoms with Gasteiger partial charge >= 0.3 is 23.1 Å². The van der Waals surface area contributed by atoms with E-state index < -0.39 is 0 Å². The zero-order chi connectivity index (χ0) is 13.8. The molecular formula is C19H33Mg. The van der Waals surface area contributed by atoms with Crippen LogP contribution in [0.5, 0.6) is 0 Å². The molecule has 0 bridgehead atoms. The first kappa shape index (κ1) is 20.0. The number of benzene rings is 1. The summed E-state index contributed by atoms with van der Waals surface area (Å²) in [5, 5.41) is 0. The molecule has 1 rings (SSSR count). The normalized spacial score (nSPS) is 10.3. The predicted octanol–water partition coefficient (Wildman–Crippen LogP) is 5.42. The number of hydrogen-bond donors (Lipinski definition) is 0. The lowest BCUT2D eigenvalue weighted by Gasteiger charge is -2.03. The Morgan fingerprint density at radius 1 is 0.700 bits per heavy atom. The smallest absolute Gasteiger partial charge is 0.0654 e. The van der Waals surface area contributed by atoms with Gasteiger partial charge < -0.3 is 0 Å². The molecule has 0 saturated heterocycles. The molecule has 0 aromatic heterocycles. The summed E-state index contributed by atoms with van der Waals surface area (Å²) in [5.41, 5.74) is 2.58. The topological polar surface area (TPSA) is 0 Å². The molecule has 0 spiro atoms. The van der Waals surface area contributed by atoms with Crippen LogP contribution in [0.3, 0.4) is 0 Å². The first-order valence-electron chi connectivity index (χ1n) is 8.24. The summed E-state index contributed by atoms with van der Waals surface area (Å²) in [6, 6.07) is 8.67. The molecule has 1 radical (unpaired) electrons. The summed E-state index contributed by atoms with van der Waals surface area (Å²) in [6.07, 6.45) is 15.4. The van der Waals surface area contributed by atoms with Gasteiger partial charge in [-0.3, -0.25) is 0 Å². The van der Waals surface area contributed by atoms with Gasteiger partial charge in [0.25, 0.3) is 0 Å². The first-order chi connectivity index (χ1) is 9.33. The van der Waals surface area contributed by atoms with Gasteiger partial charge in [0.1, 0.15) is 0 Å². The first-order valence-corrected chi connectivity index (χ1v) is 8.24. The van der Waals surface area contributed by atoms with E-state index >= 15 is 0 Å². The Morgan fingerprint density at radius 3 is 1.65 bits per heavy atom. The third kappa shape index (κ3) is 10.7. The van der Waals surface area contributed by atoms with Gasteiger partial charge in [0.05, 0.1) is 0 Å². The Balaban J connectivity index is 0.00000361. The van der Waals surface area contributed by atoms with Crippen molar-refractivity contribution in [3.05, 3.63) is 42.3 Å². The highest BCUT2D eigenvalue weighted by Crippen LogP contribution is 2.12. The van der Waals surface area contributed by atoms with Crippen molar-refractivity contribution in [2.45, 2.75) is 77.6 Å². The van der Waals surface area contributed by atoms with E-state index in [9.17, 15) is 0 Å². The van der Waals surface area contributed by atoms with Crippen LogP contribution >= 0.6 is 0 Å². The molecule has 20 heavy (non-hydrogen) atoms. The molecule has 1 heteroatoms. The van der Waals surface area contributed by atoms with E-state index in [-0.39, 0.29) is 23.1 Å². The van der Waals surface area contributed by atoms with E-state index in [4.69, 9.17) is 0 Å². The zero-order valence-electron chi connectivity index (χ0n) is 12.8. The van der Waals surface area contributed by atoms with Crippen LogP contribution in [0.25, 0.3) is 0 Å². The second-order valence-corrected chi connectivity index (χ2v) is 5.75. The molecule has 0 atom stereocenters. The van der Waals surface area contributed by atoms with E-state index in [0.29, 0.717) is 0 Å². The van der Waals surface area contributed by atoms with Crippen LogP contribution < -0.4 is 0 Å². The van der Waals surface area contributed by atoms with Crippen LogP contribution in [0.15, 0.2) is 24.3 Å². The molecule has 0 unspecified atom stereocenters. The van der Waals surface area contributed by atoms with Crippen molar-refractivity contribution in [3.8, 4) is 0 Å². The Morgan fingerprint density at radius 2 is 1.15 bits per heavy atom. The van der Waals surface area contributed by atoms with Gasteiger partial charge in [0.2, 0.25) is 0 Å². The Bertz CT molecular complexity index is 302. The summed E-state index contributed by atoms with van der Waals surface area (Å²) in [5.74, 6) is 0. The SMILES string of the molecule is [CH2]c1ccc(CCCCCCCCCCCC)cc1.[MgH2]. The lowest BCUT2D eigenvalue weighted by molar-refractivity contribution is 0.556. The van der Waals surface area contributed by atoms with Gasteiger partial charge in [-0.15, -0.1) is 0 Å². The van der Waals surface area contributed by atoms with Crippen LogP contribution in [0, 0.1) is 6.92 Å².